The van der Waals surface area contributed by atoms with Crippen LogP contribution in [0.25, 0.3) is 0 Å². The molecule has 2 amide bonds. The first kappa shape index (κ1) is 15.3. The molecular formula is C18H22N4O. The molecule has 1 aliphatic heterocycles. The molecule has 2 aromatic rings. The Hall–Kier alpha value is -2.56. The van der Waals surface area contributed by atoms with Crippen LogP contribution in [0, 0.1) is 0 Å². The predicted molar refractivity (Wildman–Crippen MR) is 91.4 cm³/mol. The molecule has 1 aliphatic rings. The van der Waals surface area contributed by atoms with Crippen LogP contribution >= 0.6 is 0 Å². The average molecular weight is 310 g/mol. The maximum atomic E-state index is 12.2. The van der Waals surface area contributed by atoms with E-state index in [2.05, 4.69) is 27.8 Å². The standard InChI is InChI=1S/C18H22N4O/c23-18(20-12-9-15-6-4-5-11-19-15)22-13-10-17(14-22)21-16-7-2-1-3-8-16/h1-8,11,17,21H,9-10,12-14H2,(H,20,23)/t17-/m0/s1. The van der Waals surface area contributed by atoms with E-state index in [-0.39, 0.29) is 6.03 Å². The number of carbonyl (C=O) groups excluding carboxylic acids is 1. The highest BCUT2D eigenvalue weighted by atomic mass is 16.2. The van der Waals surface area contributed by atoms with E-state index >= 15 is 0 Å². The van der Waals surface area contributed by atoms with Gasteiger partial charge in [0.05, 0.1) is 0 Å². The third-order valence-corrected chi connectivity index (χ3v) is 4.00. The summed E-state index contributed by atoms with van der Waals surface area (Å²) in [6.45, 7) is 2.15. The third-order valence-electron chi connectivity index (χ3n) is 4.00. The highest BCUT2D eigenvalue weighted by Crippen LogP contribution is 2.15. The maximum Gasteiger partial charge on any atom is 0.317 e. The number of urea groups is 1. The summed E-state index contributed by atoms with van der Waals surface area (Å²) in [5.41, 5.74) is 2.10. The van der Waals surface area contributed by atoms with Gasteiger partial charge in [0.2, 0.25) is 0 Å². The Morgan fingerprint density at radius 3 is 2.78 bits per heavy atom. The number of rotatable bonds is 5. The number of hydrogen-bond donors (Lipinski definition) is 2. The van der Waals surface area contributed by atoms with Crippen molar-refractivity contribution in [3.8, 4) is 0 Å². The van der Waals surface area contributed by atoms with Crippen molar-refractivity contribution < 1.29 is 4.79 Å². The fourth-order valence-electron chi connectivity index (χ4n) is 2.79. The SMILES string of the molecule is O=C(NCCc1ccccn1)N1CC[C@H](Nc2ccccc2)C1. The van der Waals surface area contributed by atoms with Gasteiger partial charge in [-0.15, -0.1) is 0 Å². The van der Waals surface area contributed by atoms with Crippen molar-refractivity contribution >= 4 is 11.7 Å². The van der Waals surface area contributed by atoms with Crippen LogP contribution in [-0.2, 0) is 6.42 Å². The smallest absolute Gasteiger partial charge is 0.317 e. The van der Waals surface area contributed by atoms with Crippen LogP contribution in [0.4, 0.5) is 10.5 Å². The molecular weight excluding hydrogens is 288 g/mol. The molecule has 5 heteroatoms. The van der Waals surface area contributed by atoms with Crippen molar-refractivity contribution in [1.29, 1.82) is 0 Å². The Morgan fingerprint density at radius 2 is 2.00 bits per heavy atom. The Bertz CT molecular complexity index is 617. The molecule has 0 bridgehead atoms. The monoisotopic (exact) mass is 310 g/mol. The van der Waals surface area contributed by atoms with Gasteiger partial charge in [-0.25, -0.2) is 4.79 Å². The first-order valence-electron chi connectivity index (χ1n) is 8.05. The van der Waals surface area contributed by atoms with Gasteiger partial charge in [-0.3, -0.25) is 4.98 Å². The minimum Gasteiger partial charge on any atom is -0.380 e. The van der Waals surface area contributed by atoms with Gasteiger partial charge in [-0.05, 0) is 30.7 Å². The molecule has 2 heterocycles. The molecule has 0 aliphatic carbocycles. The number of pyridine rings is 1. The number of hydrogen-bond acceptors (Lipinski definition) is 3. The zero-order valence-electron chi connectivity index (χ0n) is 13.1. The van der Waals surface area contributed by atoms with Crippen molar-refractivity contribution in [3.05, 3.63) is 60.4 Å². The molecule has 3 rings (SSSR count). The average Bonchev–Trinajstić information content (AvgIpc) is 3.05. The Morgan fingerprint density at radius 1 is 1.17 bits per heavy atom. The lowest BCUT2D eigenvalue weighted by Crippen LogP contribution is -2.40. The largest absolute Gasteiger partial charge is 0.380 e. The molecule has 1 fully saturated rings. The van der Waals surface area contributed by atoms with Crippen LogP contribution in [0.2, 0.25) is 0 Å². The minimum absolute atomic E-state index is 0.0123. The van der Waals surface area contributed by atoms with E-state index in [4.69, 9.17) is 0 Å². The summed E-state index contributed by atoms with van der Waals surface area (Å²) in [5.74, 6) is 0. The second-order valence-electron chi connectivity index (χ2n) is 5.74. The number of carbonyl (C=O) groups is 1. The van der Waals surface area contributed by atoms with Crippen LogP contribution in [0.15, 0.2) is 54.7 Å². The van der Waals surface area contributed by atoms with E-state index < -0.39 is 0 Å². The molecule has 0 spiro atoms. The first-order valence-corrected chi connectivity index (χ1v) is 8.05. The number of para-hydroxylation sites is 1. The summed E-state index contributed by atoms with van der Waals surface area (Å²) in [5, 5.41) is 6.45. The highest BCUT2D eigenvalue weighted by molar-refractivity contribution is 5.74. The van der Waals surface area contributed by atoms with Crippen LogP contribution in [-0.4, -0.2) is 41.6 Å². The fourth-order valence-corrected chi connectivity index (χ4v) is 2.79. The van der Waals surface area contributed by atoms with Crippen molar-refractivity contribution in [2.75, 3.05) is 25.0 Å². The Kier molecular flexibility index (Phi) is 5.09. The van der Waals surface area contributed by atoms with E-state index in [9.17, 15) is 4.79 Å². The molecule has 2 N–H and O–H groups in total. The molecule has 120 valence electrons. The summed E-state index contributed by atoms with van der Waals surface area (Å²) in [6.07, 6.45) is 3.51. The molecule has 1 saturated heterocycles. The number of amides is 2. The van der Waals surface area contributed by atoms with E-state index in [0.29, 0.717) is 12.6 Å². The molecule has 23 heavy (non-hydrogen) atoms. The van der Waals surface area contributed by atoms with Crippen molar-refractivity contribution in [1.82, 2.24) is 15.2 Å². The van der Waals surface area contributed by atoms with E-state index in [0.717, 1.165) is 37.3 Å². The quantitative estimate of drug-likeness (QED) is 0.892. The highest BCUT2D eigenvalue weighted by Gasteiger charge is 2.25. The molecule has 5 nitrogen and oxygen atoms in total. The fraction of sp³-hybridized carbons (Fsp3) is 0.333. The molecule has 1 aromatic heterocycles. The van der Waals surface area contributed by atoms with Crippen molar-refractivity contribution in [3.63, 3.8) is 0 Å². The zero-order valence-corrected chi connectivity index (χ0v) is 13.1. The molecule has 0 unspecified atom stereocenters. The second-order valence-corrected chi connectivity index (χ2v) is 5.74. The number of benzene rings is 1. The van der Waals surface area contributed by atoms with Gasteiger partial charge in [-0.2, -0.15) is 0 Å². The number of likely N-dealkylation sites (tertiary alicyclic amines) is 1. The van der Waals surface area contributed by atoms with Gasteiger partial charge >= 0.3 is 6.03 Å². The van der Waals surface area contributed by atoms with E-state index in [1.807, 2.05) is 41.3 Å². The van der Waals surface area contributed by atoms with Crippen molar-refractivity contribution in [2.24, 2.45) is 0 Å². The molecule has 0 radical (unpaired) electrons. The van der Waals surface area contributed by atoms with Gasteiger partial charge in [-0.1, -0.05) is 24.3 Å². The molecule has 0 saturated carbocycles. The van der Waals surface area contributed by atoms with E-state index in [1.54, 1.807) is 6.20 Å². The van der Waals surface area contributed by atoms with Gasteiger partial charge < -0.3 is 15.5 Å². The number of nitrogens with one attached hydrogen (secondary N) is 2. The van der Waals surface area contributed by atoms with Gasteiger partial charge in [0.1, 0.15) is 0 Å². The number of aromatic nitrogens is 1. The van der Waals surface area contributed by atoms with Crippen molar-refractivity contribution in [2.45, 2.75) is 18.9 Å². The summed E-state index contributed by atoms with van der Waals surface area (Å²) >= 11 is 0. The van der Waals surface area contributed by atoms with Gasteiger partial charge in [0.15, 0.2) is 0 Å². The zero-order chi connectivity index (χ0) is 15.9. The maximum absolute atomic E-state index is 12.2. The molecule has 1 atom stereocenters. The lowest BCUT2D eigenvalue weighted by atomic mass is 10.2. The predicted octanol–water partition coefficient (Wildman–Crippen LogP) is 2.52. The Balaban J connectivity index is 1.41. The van der Waals surface area contributed by atoms with Crippen LogP contribution in [0.3, 0.4) is 0 Å². The Labute approximate surface area is 136 Å². The number of nitrogens with zero attached hydrogens (tertiary/aromatic N) is 2. The lowest BCUT2D eigenvalue weighted by molar-refractivity contribution is 0.208. The van der Waals surface area contributed by atoms with Crippen LogP contribution < -0.4 is 10.6 Å². The summed E-state index contributed by atoms with van der Waals surface area (Å²) in [7, 11) is 0. The van der Waals surface area contributed by atoms with E-state index in [1.165, 1.54) is 0 Å². The van der Waals surface area contributed by atoms with Crippen LogP contribution in [0.1, 0.15) is 12.1 Å². The van der Waals surface area contributed by atoms with Gasteiger partial charge in [0, 0.05) is 49.7 Å². The van der Waals surface area contributed by atoms with Gasteiger partial charge in [0.25, 0.3) is 0 Å². The third kappa shape index (κ3) is 4.45. The topological polar surface area (TPSA) is 57.3 Å². The molecule has 1 aromatic carbocycles. The first-order chi connectivity index (χ1) is 11.3. The second kappa shape index (κ2) is 7.63. The summed E-state index contributed by atoms with van der Waals surface area (Å²) < 4.78 is 0. The summed E-state index contributed by atoms with van der Waals surface area (Å²) in [4.78, 5) is 18.3. The minimum atomic E-state index is 0.0123. The lowest BCUT2D eigenvalue weighted by Gasteiger charge is -2.18. The van der Waals surface area contributed by atoms with Crippen LogP contribution in [0.5, 0.6) is 0 Å². The summed E-state index contributed by atoms with van der Waals surface area (Å²) in [6, 6.07) is 16.3. The number of anilines is 1. The normalized spacial score (nSPS) is 17.0.